The summed E-state index contributed by atoms with van der Waals surface area (Å²) in [5.74, 6) is 1.56. The molecule has 2 rings (SSSR count). The number of rotatable bonds is 6. The van der Waals surface area contributed by atoms with E-state index in [2.05, 4.69) is 12.2 Å². The van der Waals surface area contributed by atoms with Crippen LogP contribution in [0.15, 0.2) is 18.2 Å². The fourth-order valence-corrected chi connectivity index (χ4v) is 1.91. The third-order valence-electron chi connectivity index (χ3n) is 3.02. The monoisotopic (exact) mass is 279 g/mol. The zero-order valence-corrected chi connectivity index (χ0v) is 11.8. The first-order valence-corrected chi connectivity index (χ1v) is 7.08. The molecule has 1 N–H and O–H groups in total. The zero-order chi connectivity index (χ0) is 14.2. The lowest BCUT2D eigenvalue weighted by Gasteiger charge is -2.18. The first-order valence-electron chi connectivity index (χ1n) is 7.08. The second kappa shape index (κ2) is 7.62. The Morgan fingerprint density at radius 3 is 2.90 bits per heavy atom. The summed E-state index contributed by atoms with van der Waals surface area (Å²) < 4.78 is 16.0. The van der Waals surface area contributed by atoms with Gasteiger partial charge in [-0.3, -0.25) is 0 Å². The SMILES string of the molecule is CCCCOC(=O)NCCc1ccc2c(c1)OCCO2. The van der Waals surface area contributed by atoms with E-state index in [9.17, 15) is 4.79 Å². The Morgan fingerprint density at radius 2 is 2.10 bits per heavy atom. The minimum atomic E-state index is -0.351. The van der Waals surface area contributed by atoms with Gasteiger partial charge in [0.05, 0.1) is 6.61 Å². The van der Waals surface area contributed by atoms with Crippen molar-refractivity contribution in [2.45, 2.75) is 26.2 Å². The topological polar surface area (TPSA) is 56.8 Å². The summed E-state index contributed by atoms with van der Waals surface area (Å²) in [7, 11) is 0. The van der Waals surface area contributed by atoms with Gasteiger partial charge >= 0.3 is 6.09 Å². The lowest BCUT2D eigenvalue weighted by atomic mass is 10.1. The van der Waals surface area contributed by atoms with Gasteiger partial charge < -0.3 is 19.5 Å². The summed E-state index contributed by atoms with van der Waals surface area (Å²) >= 11 is 0. The Hall–Kier alpha value is -1.91. The number of amides is 1. The van der Waals surface area contributed by atoms with E-state index in [1.54, 1.807) is 0 Å². The van der Waals surface area contributed by atoms with E-state index in [4.69, 9.17) is 14.2 Å². The van der Waals surface area contributed by atoms with E-state index in [-0.39, 0.29) is 6.09 Å². The molecule has 110 valence electrons. The Balaban J connectivity index is 1.72. The fraction of sp³-hybridized carbons (Fsp3) is 0.533. The third-order valence-corrected chi connectivity index (χ3v) is 3.02. The van der Waals surface area contributed by atoms with Crippen LogP contribution in [-0.4, -0.2) is 32.5 Å². The smallest absolute Gasteiger partial charge is 0.407 e. The van der Waals surface area contributed by atoms with Crippen molar-refractivity contribution in [3.8, 4) is 11.5 Å². The van der Waals surface area contributed by atoms with Crippen LogP contribution >= 0.6 is 0 Å². The van der Waals surface area contributed by atoms with Crippen molar-refractivity contribution in [1.29, 1.82) is 0 Å². The van der Waals surface area contributed by atoms with Crippen LogP contribution in [0.3, 0.4) is 0 Å². The molecule has 0 radical (unpaired) electrons. The van der Waals surface area contributed by atoms with E-state index in [1.165, 1.54) is 0 Å². The number of nitrogens with one attached hydrogen (secondary N) is 1. The molecule has 5 heteroatoms. The normalized spacial score (nSPS) is 12.8. The zero-order valence-electron chi connectivity index (χ0n) is 11.8. The number of carbonyl (C=O) groups is 1. The average Bonchev–Trinajstić information content (AvgIpc) is 2.47. The van der Waals surface area contributed by atoms with Crippen LogP contribution in [0.25, 0.3) is 0 Å². The van der Waals surface area contributed by atoms with Crippen LogP contribution in [0.2, 0.25) is 0 Å². The molecule has 0 saturated heterocycles. The van der Waals surface area contributed by atoms with Crippen molar-refractivity contribution in [2.75, 3.05) is 26.4 Å². The van der Waals surface area contributed by atoms with Gasteiger partial charge in [-0.1, -0.05) is 19.4 Å². The van der Waals surface area contributed by atoms with Crippen molar-refractivity contribution in [3.63, 3.8) is 0 Å². The standard InChI is InChI=1S/C15H21NO4/c1-2-3-8-20-15(17)16-7-6-12-4-5-13-14(11-12)19-10-9-18-13/h4-5,11H,2-3,6-10H2,1H3,(H,16,17). The largest absolute Gasteiger partial charge is 0.486 e. The van der Waals surface area contributed by atoms with Crippen molar-refractivity contribution in [1.82, 2.24) is 5.32 Å². The molecule has 1 aromatic rings. The Bertz CT molecular complexity index is 447. The van der Waals surface area contributed by atoms with E-state index >= 15 is 0 Å². The first kappa shape index (κ1) is 14.5. The van der Waals surface area contributed by atoms with E-state index < -0.39 is 0 Å². The quantitative estimate of drug-likeness (QED) is 0.813. The molecule has 0 bridgehead atoms. The number of fused-ring (bicyclic) bond motifs is 1. The van der Waals surface area contributed by atoms with Crippen LogP contribution < -0.4 is 14.8 Å². The molecular weight excluding hydrogens is 258 g/mol. The van der Waals surface area contributed by atoms with Gasteiger partial charge in [-0.15, -0.1) is 0 Å². The molecule has 5 nitrogen and oxygen atoms in total. The summed E-state index contributed by atoms with van der Waals surface area (Å²) in [5, 5.41) is 2.74. The molecule has 0 fully saturated rings. The molecular formula is C15H21NO4. The molecule has 0 aromatic heterocycles. The minimum absolute atomic E-state index is 0.351. The summed E-state index contributed by atoms with van der Waals surface area (Å²) in [5.41, 5.74) is 1.10. The van der Waals surface area contributed by atoms with Crippen LogP contribution in [0.4, 0.5) is 4.79 Å². The predicted octanol–water partition coefficient (Wildman–Crippen LogP) is 2.53. The molecule has 0 aliphatic carbocycles. The highest BCUT2D eigenvalue weighted by atomic mass is 16.6. The molecule has 0 spiro atoms. The van der Waals surface area contributed by atoms with Crippen molar-refractivity contribution in [2.24, 2.45) is 0 Å². The first-order chi connectivity index (χ1) is 9.79. The molecule has 1 heterocycles. The fourth-order valence-electron chi connectivity index (χ4n) is 1.91. The van der Waals surface area contributed by atoms with Gasteiger partial charge in [0, 0.05) is 6.54 Å². The highest BCUT2D eigenvalue weighted by Gasteiger charge is 2.11. The van der Waals surface area contributed by atoms with E-state index in [1.807, 2.05) is 18.2 Å². The minimum Gasteiger partial charge on any atom is -0.486 e. The molecule has 1 aliphatic heterocycles. The number of alkyl carbamates (subject to hydrolysis) is 1. The van der Waals surface area contributed by atoms with Gasteiger partial charge in [0.25, 0.3) is 0 Å². The lowest BCUT2D eigenvalue weighted by molar-refractivity contribution is 0.144. The van der Waals surface area contributed by atoms with Gasteiger partial charge in [-0.25, -0.2) is 4.79 Å². The van der Waals surface area contributed by atoms with Gasteiger partial charge in [0.2, 0.25) is 0 Å². The van der Waals surface area contributed by atoms with Crippen LogP contribution in [0, 0.1) is 0 Å². The highest BCUT2D eigenvalue weighted by molar-refractivity contribution is 5.67. The molecule has 1 aliphatic rings. The van der Waals surface area contributed by atoms with E-state index in [0.29, 0.717) is 26.4 Å². The predicted molar refractivity (Wildman–Crippen MR) is 75.4 cm³/mol. The number of carbonyl (C=O) groups excluding carboxylic acids is 1. The molecule has 0 atom stereocenters. The Kier molecular flexibility index (Phi) is 5.53. The molecule has 0 unspecified atom stereocenters. The number of unbranched alkanes of at least 4 members (excludes halogenated alkanes) is 1. The maximum absolute atomic E-state index is 11.4. The number of hydrogen-bond acceptors (Lipinski definition) is 4. The van der Waals surface area contributed by atoms with Crippen LogP contribution in [0.5, 0.6) is 11.5 Å². The third kappa shape index (κ3) is 4.33. The summed E-state index contributed by atoms with van der Waals surface area (Å²) in [6.45, 7) is 4.26. The summed E-state index contributed by atoms with van der Waals surface area (Å²) in [6, 6.07) is 5.85. The molecule has 1 aromatic carbocycles. The maximum atomic E-state index is 11.4. The number of ether oxygens (including phenoxy) is 3. The molecule has 1 amide bonds. The highest BCUT2D eigenvalue weighted by Crippen LogP contribution is 2.30. The number of benzene rings is 1. The van der Waals surface area contributed by atoms with Gasteiger partial charge in [0.15, 0.2) is 11.5 Å². The Labute approximate surface area is 119 Å². The second-order valence-corrected chi connectivity index (χ2v) is 4.64. The van der Waals surface area contributed by atoms with Crippen LogP contribution in [-0.2, 0) is 11.2 Å². The van der Waals surface area contributed by atoms with Crippen LogP contribution in [0.1, 0.15) is 25.3 Å². The summed E-state index contributed by atoms with van der Waals surface area (Å²) in [4.78, 5) is 11.4. The van der Waals surface area contributed by atoms with Crippen molar-refractivity contribution in [3.05, 3.63) is 23.8 Å². The lowest BCUT2D eigenvalue weighted by Crippen LogP contribution is -2.26. The van der Waals surface area contributed by atoms with Crippen molar-refractivity contribution < 1.29 is 19.0 Å². The van der Waals surface area contributed by atoms with Gasteiger partial charge in [0.1, 0.15) is 13.2 Å². The second-order valence-electron chi connectivity index (χ2n) is 4.64. The van der Waals surface area contributed by atoms with Gasteiger partial charge in [-0.2, -0.15) is 0 Å². The Morgan fingerprint density at radius 1 is 1.30 bits per heavy atom. The maximum Gasteiger partial charge on any atom is 0.407 e. The molecule has 20 heavy (non-hydrogen) atoms. The van der Waals surface area contributed by atoms with Crippen molar-refractivity contribution >= 4 is 6.09 Å². The van der Waals surface area contributed by atoms with Gasteiger partial charge in [-0.05, 0) is 30.5 Å². The number of hydrogen-bond donors (Lipinski definition) is 1. The summed E-state index contributed by atoms with van der Waals surface area (Å²) in [6.07, 6.45) is 2.30. The van der Waals surface area contributed by atoms with E-state index in [0.717, 1.165) is 36.3 Å². The molecule has 0 saturated carbocycles. The average molecular weight is 279 g/mol.